The van der Waals surface area contributed by atoms with Crippen molar-refractivity contribution in [2.45, 2.75) is 6.92 Å². The Kier molecular flexibility index (Phi) is 3.94. The van der Waals surface area contributed by atoms with E-state index in [0.29, 0.717) is 11.3 Å². The predicted molar refractivity (Wildman–Crippen MR) is 73.1 cm³/mol. The van der Waals surface area contributed by atoms with E-state index in [2.05, 4.69) is 17.2 Å². The molecule has 1 N–H and O–H groups in total. The number of hydrogen-bond acceptors (Lipinski definition) is 1. The van der Waals surface area contributed by atoms with E-state index in [4.69, 9.17) is 0 Å². The summed E-state index contributed by atoms with van der Waals surface area (Å²) < 4.78 is 13.3. The van der Waals surface area contributed by atoms with Crippen LogP contribution in [0.3, 0.4) is 0 Å². The number of carbonyl (C=O) groups is 1. The third-order valence-electron chi connectivity index (χ3n) is 2.52. The molecular weight excluding hydrogens is 241 g/mol. The second-order valence-corrected chi connectivity index (χ2v) is 4.03. The normalized spacial score (nSPS) is 9.37. The molecule has 0 aromatic heterocycles. The third-order valence-corrected chi connectivity index (χ3v) is 2.52. The monoisotopic (exact) mass is 253 g/mol. The molecule has 19 heavy (non-hydrogen) atoms. The molecule has 2 nitrogen and oxygen atoms in total. The minimum Gasteiger partial charge on any atom is -0.315 e. The average molecular weight is 253 g/mol. The van der Waals surface area contributed by atoms with E-state index < -0.39 is 5.91 Å². The first-order valence-corrected chi connectivity index (χ1v) is 5.79. The number of anilines is 1. The topological polar surface area (TPSA) is 29.1 Å². The molecule has 0 aliphatic rings. The fourth-order valence-electron chi connectivity index (χ4n) is 1.48. The molecule has 0 saturated carbocycles. The molecular formula is C16H12FNO. The van der Waals surface area contributed by atoms with Gasteiger partial charge in [0.2, 0.25) is 0 Å². The van der Waals surface area contributed by atoms with Gasteiger partial charge in [-0.25, -0.2) is 4.39 Å². The van der Waals surface area contributed by atoms with Gasteiger partial charge in [0.05, 0.1) is 0 Å². The summed E-state index contributed by atoms with van der Waals surface area (Å²) in [7, 11) is 0. The van der Waals surface area contributed by atoms with Crippen molar-refractivity contribution < 1.29 is 9.18 Å². The Morgan fingerprint density at radius 2 is 1.89 bits per heavy atom. The average Bonchev–Trinajstić information content (AvgIpc) is 2.42. The highest BCUT2D eigenvalue weighted by Gasteiger charge is 2.01. The quantitative estimate of drug-likeness (QED) is 0.777. The van der Waals surface area contributed by atoms with Gasteiger partial charge in [-0.05, 0) is 36.8 Å². The van der Waals surface area contributed by atoms with Gasteiger partial charge in [-0.2, -0.15) is 0 Å². The minimum absolute atomic E-state index is 0.353. The Hall–Kier alpha value is -2.60. The van der Waals surface area contributed by atoms with E-state index in [0.717, 1.165) is 5.56 Å². The highest BCUT2D eigenvalue weighted by Crippen LogP contribution is 2.13. The molecule has 0 aliphatic carbocycles. The highest BCUT2D eigenvalue weighted by molar-refractivity contribution is 6.04. The van der Waals surface area contributed by atoms with Crippen LogP contribution in [0.2, 0.25) is 0 Å². The molecule has 0 spiro atoms. The summed E-state index contributed by atoms with van der Waals surface area (Å²) in [6.07, 6.45) is 0. The number of benzene rings is 2. The van der Waals surface area contributed by atoms with Crippen LogP contribution in [0.15, 0.2) is 48.5 Å². The number of hydrogen-bond donors (Lipinski definition) is 1. The zero-order valence-corrected chi connectivity index (χ0v) is 10.4. The Balaban J connectivity index is 2.06. The van der Waals surface area contributed by atoms with Gasteiger partial charge in [-0.1, -0.05) is 30.2 Å². The van der Waals surface area contributed by atoms with E-state index in [9.17, 15) is 9.18 Å². The van der Waals surface area contributed by atoms with Crippen LogP contribution in [0, 0.1) is 24.6 Å². The number of aryl methyl sites for hydroxylation is 1. The molecule has 94 valence electrons. The van der Waals surface area contributed by atoms with Crippen LogP contribution in [-0.2, 0) is 4.79 Å². The van der Waals surface area contributed by atoms with E-state index in [1.807, 2.05) is 30.3 Å². The van der Waals surface area contributed by atoms with Crippen LogP contribution in [0.25, 0.3) is 0 Å². The second kappa shape index (κ2) is 5.83. The van der Waals surface area contributed by atoms with Gasteiger partial charge in [0.15, 0.2) is 0 Å². The van der Waals surface area contributed by atoms with Crippen molar-refractivity contribution in [1.29, 1.82) is 0 Å². The van der Waals surface area contributed by atoms with E-state index in [-0.39, 0.29) is 5.82 Å². The van der Waals surface area contributed by atoms with Gasteiger partial charge in [-0.3, -0.25) is 4.79 Å². The van der Waals surface area contributed by atoms with Gasteiger partial charge in [0.1, 0.15) is 5.82 Å². The van der Waals surface area contributed by atoms with Crippen LogP contribution in [-0.4, -0.2) is 5.91 Å². The summed E-state index contributed by atoms with van der Waals surface area (Å²) in [5, 5.41) is 2.53. The van der Waals surface area contributed by atoms with Gasteiger partial charge in [0, 0.05) is 17.2 Å². The van der Waals surface area contributed by atoms with Crippen LogP contribution < -0.4 is 5.32 Å². The summed E-state index contributed by atoms with van der Waals surface area (Å²) in [5.74, 6) is 4.38. The molecule has 0 fully saturated rings. The molecule has 0 saturated heterocycles. The maximum atomic E-state index is 13.3. The Morgan fingerprint density at radius 3 is 2.58 bits per heavy atom. The van der Waals surface area contributed by atoms with E-state index >= 15 is 0 Å². The standard InChI is InChI=1S/C16H12FNO/c1-12-7-9-14(11-15(12)17)18-16(19)10-8-13-5-3-2-4-6-13/h2-7,9,11H,1H3,(H,18,19). The molecule has 0 unspecified atom stereocenters. The van der Waals surface area contributed by atoms with Gasteiger partial charge >= 0.3 is 5.91 Å². The Bertz CT molecular complexity index is 653. The summed E-state index contributed by atoms with van der Waals surface area (Å²) in [5.41, 5.74) is 1.69. The number of nitrogens with one attached hydrogen (secondary N) is 1. The first-order valence-electron chi connectivity index (χ1n) is 5.79. The van der Waals surface area contributed by atoms with E-state index in [1.165, 1.54) is 6.07 Å². The van der Waals surface area contributed by atoms with Crippen LogP contribution >= 0.6 is 0 Å². The maximum Gasteiger partial charge on any atom is 0.300 e. The largest absolute Gasteiger partial charge is 0.315 e. The highest BCUT2D eigenvalue weighted by atomic mass is 19.1. The first kappa shape index (κ1) is 12.8. The van der Waals surface area contributed by atoms with Crippen molar-refractivity contribution in [2.24, 2.45) is 0 Å². The zero-order valence-electron chi connectivity index (χ0n) is 10.4. The Morgan fingerprint density at radius 1 is 1.16 bits per heavy atom. The fourth-order valence-corrected chi connectivity index (χ4v) is 1.48. The molecule has 0 atom stereocenters. The number of carbonyl (C=O) groups excluding carboxylic acids is 1. The Labute approximate surface area is 111 Å². The lowest BCUT2D eigenvalue weighted by Crippen LogP contribution is -2.08. The lowest BCUT2D eigenvalue weighted by Gasteiger charge is -2.02. The second-order valence-electron chi connectivity index (χ2n) is 4.03. The van der Waals surface area contributed by atoms with Crippen molar-refractivity contribution in [2.75, 3.05) is 5.32 Å². The summed E-state index contributed by atoms with van der Waals surface area (Å²) in [6, 6.07) is 13.7. The molecule has 2 rings (SSSR count). The molecule has 2 aromatic carbocycles. The third kappa shape index (κ3) is 3.68. The van der Waals surface area contributed by atoms with Crippen molar-refractivity contribution in [3.63, 3.8) is 0 Å². The number of amides is 1. The summed E-state index contributed by atoms with van der Waals surface area (Å²) in [4.78, 5) is 11.6. The van der Waals surface area contributed by atoms with Crippen LogP contribution in [0.4, 0.5) is 10.1 Å². The molecule has 0 heterocycles. The molecule has 2 aromatic rings. The SMILES string of the molecule is Cc1ccc(NC(=O)C#Cc2ccccc2)cc1F. The lowest BCUT2D eigenvalue weighted by atomic mass is 10.2. The predicted octanol–water partition coefficient (Wildman–Crippen LogP) is 3.12. The van der Waals surface area contributed by atoms with Crippen LogP contribution in [0.5, 0.6) is 0 Å². The molecule has 0 radical (unpaired) electrons. The fraction of sp³-hybridized carbons (Fsp3) is 0.0625. The van der Waals surface area contributed by atoms with Crippen molar-refractivity contribution in [1.82, 2.24) is 0 Å². The van der Waals surface area contributed by atoms with Crippen molar-refractivity contribution in [3.8, 4) is 11.8 Å². The number of rotatable bonds is 1. The van der Waals surface area contributed by atoms with Gasteiger partial charge in [0.25, 0.3) is 0 Å². The molecule has 0 aliphatic heterocycles. The van der Waals surface area contributed by atoms with Gasteiger partial charge in [-0.15, -0.1) is 0 Å². The van der Waals surface area contributed by atoms with Crippen LogP contribution in [0.1, 0.15) is 11.1 Å². The lowest BCUT2D eigenvalue weighted by molar-refractivity contribution is -0.111. The molecule has 1 amide bonds. The molecule has 3 heteroatoms. The first-order chi connectivity index (χ1) is 9.15. The number of halogens is 1. The smallest absolute Gasteiger partial charge is 0.300 e. The minimum atomic E-state index is -0.466. The van der Waals surface area contributed by atoms with E-state index in [1.54, 1.807) is 19.1 Å². The summed E-state index contributed by atoms with van der Waals surface area (Å²) >= 11 is 0. The zero-order chi connectivity index (χ0) is 13.7. The molecule has 0 bridgehead atoms. The summed E-state index contributed by atoms with van der Waals surface area (Å²) in [6.45, 7) is 1.66. The van der Waals surface area contributed by atoms with Crippen molar-refractivity contribution in [3.05, 3.63) is 65.5 Å². The maximum absolute atomic E-state index is 13.3. The van der Waals surface area contributed by atoms with Crippen molar-refractivity contribution >= 4 is 11.6 Å². The van der Waals surface area contributed by atoms with Gasteiger partial charge < -0.3 is 5.32 Å².